The zero-order valence-electron chi connectivity index (χ0n) is 13.3. The van der Waals surface area contributed by atoms with E-state index in [4.69, 9.17) is 0 Å². The van der Waals surface area contributed by atoms with Crippen molar-refractivity contribution in [2.24, 2.45) is 0 Å². The van der Waals surface area contributed by atoms with E-state index >= 15 is 0 Å². The van der Waals surface area contributed by atoms with E-state index in [1.807, 2.05) is 42.9 Å². The van der Waals surface area contributed by atoms with Crippen LogP contribution in [0, 0.1) is 0 Å². The fraction of sp³-hybridized carbons (Fsp3) is 0.278. The van der Waals surface area contributed by atoms with Gasteiger partial charge in [-0.05, 0) is 36.9 Å². The lowest BCUT2D eigenvalue weighted by Gasteiger charge is -2.22. The van der Waals surface area contributed by atoms with Gasteiger partial charge in [-0.3, -0.25) is 4.79 Å². The van der Waals surface area contributed by atoms with Gasteiger partial charge in [0.2, 0.25) is 5.91 Å². The van der Waals surface area contributed by atoms with Gasteiger partial charge in [0.05, 0.1) is 12.6 Å². The largest absolute Gasteiger partial charge is 0.344 e. The highest BCUT2D eigenvalue weighted by Gasteiger charge is 2.25. The summed E-state index contributed by atoms with van der Waals surface area (Å²) in [5.41, 5.74) is 3.68. The molecule has 1 N–H and O–H groups in total. The first kappa shape index (κ1) is 17.9. The molecule has 1 heterocycles. The molecule has 1 unspecified atom stereocenters. The molecular formula is C18H21ClN2OS. The second-order valence-electron chi connectivity index (χ2n) is 5.76. The van der Waals surface area contributed by atoms with Crippen molar-refractivity contribution in [2.45, 2.75) is 16.7 Å². The predicted molar refractivity (Wildman–Crippen MR) is 98.2 cm³/mol. The highest BCUT2D eigenvalue weighted by molar-refractivity contribution is 7.98. The Balaban J connectivity index is 0.00000192. The lowest BCUT2D eigenvalue weighted by atomic mass is 9.95. The van der Waals surface area contributed by atoms with Crippen molar-refractivity contribution < 1.29 is 4.79 Å². The molecular weight excluding hydrogens is 328 g/mol. The maximum Gasteiger partial charge on any atom is 0.234 e. The standard InChI is InChI=1S/C18H20N2OS.ClH/c1-20(2)11-17(21)19-18-14-8-4-3-7-13(14)12-22-16-10-6-5-9-15(16)18;/h3-10,18H,11-12H2,1-2H3,(H,19,21);1H. The Morgan fingerprint density at radius 1 is 1.13 bits per heavy atom. The Morgan fingerprint density at radius 2 is 1.78 bits per heavy atom. The van der Waals surface area contributed by atoms with Gasteiger partial charge in [-0.25, -0.2) is 0 Å². The van der Waals surface area contributed by atoms with Crippen LogP contribution in [-0.4, -0.2) is 31.4 Å². The van der Waals surface area contributed by atoms with E-state index in [1.165, 1.54) is 21.6 Å². The van der Waals surface area contributed by atoms with Crippen molar-refractivity contribution in [1.29, 1.82) is 0 Å². The maximum absolute atomic E-state index is 12.3. The minimum Gasteiger partial charge on any atom is -0.344 e. The Kier molecular flexibility index (Phi) is 6.10. The smallest absolute Gasteiger partial charge is 0.234 e. The third kappa shape index (κ3) is 4.08. The number of hydrogen-bond donors (Lipinski definition) is 1. The number of amides is 1. The van der Waals surface area contributed by atoms with Crippen molar-refractivity contribution >= 4 is 30.1 Å². The fourth-order valence-corrected chi connectivity index (χ4v) is 3.87. The normalized spacial score (nSPS) is 15.9. The molecule has 0 saturated heterocycles. The van der Waals surface area contributed by atoms with Crippen LogP contribution >= 0.6 is 24.2 Å². The fourth-order valence-electron chi connectivity index (χ4n) is 2.77. The summed E-state index contributed by atoms with van der Waals surface area (Å²) in [6.07, 6.45) is 0. The number of carbonyl (C=O) groups excluding carboxylic acids is 1. The summed E-state index contributed by atoms with van der Waals surface area (Å²) >= 11 is 1.84. The van der Waals surface area contributed by atoms with Crippen molar-refractivity contribution in [3.8, 4) is 0 Å². The lowest BCUT2D eigenvalue weighted by molar-refractivity contribution is -0.122. The third-order valence-corrected chi connectivity index (χ3v) is 4.88. The van der Waals surface area contributed by atoms with Crippen molar-refractivity contribution in [2.75, 3.05) is 20.6 Å². The Labute approximate surface area is 147 Å². The van der Waals surface area contributed by atoms with Gasteiger partial charge in [0, 0.05) is 10.6 Å². The van der Waals surface area contributed by atoms with E-state index < -0.39 is 0 Å². The van der Waals surface area contributed by atoms with Crippen LogP contribution in [0.2, 0.25) is 0 Å². The van der Waals surface area contributed by atoms with Gasteiger partial charge in [-0.2, -0.15) is 0 Å². The summed E-state index contributed by atoms with van der Waals surface area (Å²) in [5, 5.41) is 3.21. The number of benzene rings is 2. The molecule has 0 fully saturated rings. The van der Waals surface area contributed by atoms with Crippen molar-refractivity contribution in [3.05, 3.63) is 65.2 Å². The molecule has 1 amide bonds. The average Bonchev–Trinajstić information content (AvgIpc) is 2.65. The van der Waals surface area contributed by atoms with Gasteiger partial charge in [0.1, 0.15) is 0 Å². The SMILES string of the molecule is CN(C)CC(=O)NC1c2ccccc2CSc2ccccc21.Cl. The molecule has 23 heavy (non-hydrogen) atoms. The van der Waals surface area contributed by atoms with Crippen LogP contribution in [0.15, 0.2) is 53.4 Å². The molecule has 2 aromatic rings. The van der Waals surface area contributed by atoms with Crippen molar-refractivity contribution in [1.82, 2.24) is 10.2 Å². The molecule has 3 nitrogen and oxygen atoms in total. The second-order valence-corrected chi connectivity index (χ2v) is 6.78. The maximum atomic E-state index is 12.3. The monoisotopic (exact) mass is 348 g/mol. The summed E-state index contributed by atoms with van der Waals surface area (Å²) < 4.78 is 0. The van der Waals surface area contributed by atoms with Gasteiger partial charge < -0.3 is 10.2 Å². The van der Waals surface area contributed by atoms with Crippen LogP contribution in [0.1, 0.15) is 22.7 Å². The van der Waals surface area contributed by atoms with Gasteiger partial charge in [0.25, 0.3) is 0 Å². The predicted octanol–water partition coefficient (Wildman–Crippen LogP) is 3.48. The molecule has 0 bridgehead atoms. The van der Waals surface area contributed by atoms with E-state index in [0.717, 1.165) is 5.75 Å². The molecule has 1 aliphatic heterocycles. The van der Waals surface area contributed by atoms with Gasteiger partial charge in [-0.15, -0.1) is 24.2 Å². The zero-order valence-corrected chi connectivity index (χ0v) is 14.9. The number of thioether (sulfide) groups is 1. The van der Waals surface area contributed by atoms with Crippen LogP contribution in [0.4, 0.5) is 0 Å². The molecule has 0 aromatic heterocycles. The molecule has 0 spiro atoms. The molecule has 0 aliphatic carbocycles. The number of halogens is 1. The van der Waals surface area contributed by atoms with Crippen LogP contribution in [0.5, 0.6) is 0 Å². The van der Waals surface area contributed by atoms with Gasteiger partial charge in [-0.1, -0.05) is 42.5 Å². The number of fused-ring (bicyclic) bond motifs is 2. The average molecular weight is 349 g/mol. The molecule has 1 atom stereocenters. The van der Waals surface area contributed by atoms with Crippen LogP contribution < -0.4 is 5.32 Å². The molecule has 122 valence electrons. The van der Waals surface area contributed by atoms with E-state index in [0.29, 0.717) is 6.54 Å². The van der Waals surface area contributed by atoms with Crippen molar-refractivity contribution in [3.63, 3.8) is 0 Å². The molecule has 0 radical (unpaired) electrons. The minimum atomic E-state index is -0.0742. The van der Waals surface area contributed by atoms with Gasteiger partial charge >= 0.3 is 0 Å². The van der Waals surface area contributed by atoms with E-state index in [2.05, 4.69) is 41.7 Å². The Morgan fingerprint density at radius 3 is 2.52 bits per heavy atom. The van der Waals surface area contributed by atoms with E-state index in [9.17, 15) is 4.79 Å². The molecule has 5 heteroatoms. The van der Waals surface area contributed by atoms with E-state index in [-0.39, 0.29) is 24.4 Å². The highest BCUT2D eigenvalue weighted by Crippen LogP contribution is 2.39. The molecule has 1 aliphatic rings. The summed E-state index contributed by atoms with van der Waals surface area (Å²) in [6, 6.07) is 16.7. The number of nitrogens with zero attached hydrogens (tertiary/aromatic N) is 1. The van der Waals surface area contributed by atoms with Crippen LogP contribution in [0.25, 0.3) is 0 Å². The summed E-state index contributed by atoms with van der Waals surface area (Å²) in [5.74, 6) is 0.985. The third-order valence-electron chi connectivity index (χ3n) is 3.74. The number of nitrogens with one attached hydrogen (secondary N) is 1. The highest BCUT2D eigenvalue weighted by atomic mass is 35.5. The molecule has 0 saturated carbocycles. The number of carbonyl (C=O) groups is 1. The number of rotatable bonds is 3. The van der Waals surface area contributed by atoms with Crippen LogP contribution in [-0.2, 0) is 10.5 Å². The first-order chi connectivity index (χ1) is 10.6. The first-order valence-corrected chi connectivity index (χ1v) is 8.37. The van der Waals surface area contributed by atoms with E-state index in [1.54, 1.807) is 0 Å². The minimum absolute atomic E-state index is 0. The Hall–Kier alpha value is -1.49. The lowest BCUT2D eigenvalue weighted by Crippen LogP contribution is -2.36. The molecule has 3 rings (SSSR count). The number of hydrogen-bond acceptors (Lipinski definition) is 3. The number of likely N-dealkylation sites (N-methyl/N-ethyl adjacent to an activating group) is 1. The zero-order chi connectivity index (χ0) is 15.5. The topological polar surface area (TPSA) is 32.3 Å². The van der Waals surface area contributed by atoms with Crippen LogP contribution in [0.3, 0.4) is 0 Å². The Bertz CT molecular complexity index is 643. The summed E-state index contributed by atoms with van der Waals surface area (Å²) in [4.78, 5) is 15.4. The molecule has 2 aromatic carbocycles. The quantitative estimate of drug-likeness (QED) is 0.921. The van der Waals surface area contributed by atoms with Gasteiger partial charge in [0.15, 0.2) is 0 Å². The second kappa shape index (κ2) is 7.86. The first-order valence-electron chi connectivity index (χ1n) is 7.39. The summed E-state index contributed by atoms with van der Waals surface area (Å²) in [7, 11) is 3.81. The summed E-state index contributed by atoms with van der Waals surface area (Å²) in [6.45, 7) is 0.397.